The quantitative estimate of drug-likeness (QED) is 0.850. The van der Waals surface area contributed by atoms with Crippen LogP contribution in [0.5, 0.6) is 0 Å². The molecule has 0 aromatic carbocycles. The Balaban J connectivity index is 1.76. The Hall–Kier alpha value is -0.830. The third-order valence-electron chi connectivity index (χ3n) is 3.80. The van der Waals surface area contributed by atoms with Crippen molar-refractivity contribution in [2.45, 2.75) is 52.0 Å². The number of nitrogens with zero attached hydrogens (tertiary/aromatic N) is 2. The molecule has 0 atom stereocenters. The van der Waals surface area contributed by atoms with Crippen LogP contribution in [-0.4, -0.2) is 16.3 Å². The van der Waals surface area contributed by atoms with Gasteiger partial charge in [0.2, 0.25) is 0 Å². The second-order valence-electron chi connectivity index (χ2n) is 5.26. The third kappa shape index (κ3) is 3.56. The summed E-state index contributed by atoms with van der Waals surface area (Å²) in [7, 11) is 2.00. The maximum atomic E-state index is 4.47. The number of hydrogen-bond donors (Lipinski definition) is 1. The largest absolute Gasteiger partial charge is 0.312 e. The van der Waals surface area contributed by atoms with E-state index in [0.29, 0.717) is 0 Å². The molecule has 1 saturated carbocycles. The minimum atomic E-state index is 0.908. The van der Waals surface area contributed by atoms with Crippen LogP contribution in [0.25, 0.3) is 0 Å². The maximum absolute atomic E-state index is 4.47. The number of aryl methyl sites for hydroxylation is 2. The van der Waals surface area contributed by atoms with Crippen LogP contribution in [-0.2, 0) is 20.0 Å². The maximum Gasteiger partial charge on any atom is 0.0666 e. The van der Waals surface area contributed by atoms with E-state index in [2.05, 4.69) is 23.5 Å². The number of aromatic nitrogens is 2. The lowest BCUT2D eigenvalue weighted by atomic mass is 9.89. The lowest BCUT2D eigenvalue weighted by molar-refractivity contribution is 0.342. The predicted molar refractivity (Wildman–Crippen MR) is 70.9 cm³/mol. The Morgan fingerprint density at radius 2 is 2.12 bits per heavy atom. The Morgan fingerprint density at radius 1 is 1.35 bits per heavy atom. The highest BCUT2D eigenvalue weighted by atomic mass is 15.3. The van der Waals surface area contributed by atoms with Crippen LogP contribution in [0.3, 0.4) is 0 Å². The van der Waals surface area contributed by atoms with Crippen molar-refractivity contribution in [3.8, 4) is 0 Å². The normalized spacial score (nSPS) is 17.5. The van der Waals surface area contributed by atoms with Crippen molar-refractivity contribution in [1.29, 1.82) is 0 Å². The zero-order chi connectivity index (χ0) is 12.1. The van der Waals surface area contributed by atoms with E-state index in [1.165, 1.54) is 49.9 Å². The summed E-state index contributed by atoms with van der Waals surface area (Å²) in [6, 6.07) is 0. The van der Waals surface area contributed by atoms with Crippen LogP contribution in [0.4, 0.5) is 0 Å². The molecule has 96 valence electrons. The molecule has 0 amide bonds. The molecule has 0 aliphatic heterocycles. The molecule has 1 aliphatic carbocycles. The first kappa shape index (κ1) is 12.6. The van der Waals surface area contributed by atoms with Crippen LogP contribution < -0.4 is 5.32 Å². The van der Waals surface area contributed by atoms with Gasteiger partial charge in [-0.15, -0.1) is 0 Å². The molecule has 3 nitrogen and oxygen atoms in total. The zero-order valence-electron chi connectivity index (χ0n) is 11.2. The highest BCUT2D eigenvalue weighted by molar-refractivity contribution is 5.16. The van der Waals surface area contributed by atoms with Crippen molar-refractivity contribution < 1.29 is 0 Å². The Morgan fingerprint density at radius 3 is 2.82 bits per heavy atom. The summed E-state index contributed by atoms with van der Waals surface area (Å²) < 4.78 is 1.93. The van der Waals surface area contributed by atoms with Gasteiger partial charge in [0, 0.05) is 25.4 Å². The van der Waals surface area contributed by atoms with E-state index in [1.54, 1.807) is 0 Å². The lowest BCUT2D eigenvalue weighted by Gasteiger charge is -2.21. The second-order valence-corrected chi connectivity index (χ2v) is 5.26. The van der Waals surface area contributed by atoms with Crippen molar-refractivity contribution in [2.24, 2.45) is 13.0 Å². The van der Waals surface area contributed by atoms with Gasteiger partial charge in [-0.2, -0.15) is 5.10 Å². The minimum absolute atomic E-state index is 0.908. The third-order valence-corrected chi connectivity index (χ3v) is 3.80. The van der Waals surface area contributed by atoms with Gasteiger partial charge < -0.3 is 5.32 Å². The Kier molecular flexibility index (Phi) is 4.60. The summed E-state index contributed by atoms with van der Waals surface area (Å²) in [4.78, 5) is 0. The fourth-order valence-corrected chi connectivity index (χ4v) is 2.83. The van der Waals surface area contributed by atoms with Gasteiger partial charge >= 0.3 is 0 Å². The summed E-state index contributed by atoms with van der Waals surface area (Å²) in [5, 5.41) is 8.08. The highest BCUT2D eigenvalue weighted by Crippen LogP contribution is 2.22. The summed E-state index contributed by atoms with van der Waals surface area (Å²) in [6.07, 6.45) is 10.3. The van der Waals surface area contributed by atoms with E-state index in [9.17, 15) is 0 Å². The van der Waals surface area contributed by atoms with Gasteiger partial charge in [-0.25, -0.2) is 0 Å². The van der Waals surface area contributed by atoms with E-state index in [4.69, 9.17) is 0 Å². The first-order valence-electron chi connectivity index (χ1n) is 7.01. The van der Waals surface area contributed by atoms with E-state index in [0.717, 1.165) is 18.9 Å². The predicted octanol–water partition coefficient (Wildman–Crippen LogP) is 2.65. The lowest BCUT2D eigenvalue weighted by Crippen LogP contribution is -2.24. The molecule has 0 spiro atoms. The molecule has 0 radical (unpaired) electrons. The fraction of sp³-hybridized carbons (Fsp3) is 0.786. The van der Waals surface area contributed by atoms with E-state index >= 15 is 0 Å². The molecule has 1 aromatic heterocycles. The van der Waals surface area contributed by atoms with Gasteiger partial charge in [-0.1, -0.05) is 26.2 Å². The molecular weight excluding hydrogens is 210 g/mol. The molecule has 1 N–H and O–H groups in total. The number of rotatable bonds is 5. The number of hydrogen-bond acceptors (Lipinski definition) is 2. The van der Waals surface area contributed by atoms with Crippen molar-refractivity contribution >= 4 is 0 Å². The fourth-order valence-electron chi connectivity index (χ4n) is 2.83. The monoisotopic (exact) mass is 235 g/mol. The van der Waals surface area contributed by atoms with Crippen LogP contribution in [0.1, 0.15) is 50.3 Å². The van der Waals surface area contributed by atoms with Gasteiger partial charge in [0.1, 0.15) is 0 Å². The van der Waals surface area contributed by atoms with Gasteiger partial charge in [-0.3, -0.25) is 4.68 Å². The van der Waals surface area contributed by atoms with Gasteiger partial charge in [0.15, 0.2) is 0 Å². The first-order valence-corrected chi connectivity index (χ1v) is 7.01. The SMILES string of the molecule is CCc1nn(C)cc1CNCC1CCCCC1. The van der Waals surface area contributed by atoms with Crippen LogP contribution in [0, 0.1) is 5.92 Å². The average molecular weight is 235 g/mol. The smallest absolute Gasteiger partial charge is 0.0666 e. The van der Waals surface area contributed by atoms with Crippen LogP contribution in [0.2, 0.25) is 0 Å². The summed E-state index contributed by atoms with van der Waals surface area (Å²) >= 11 is 0. The van der Waals surface area contributed by atoms with Crippen LogP contribution >= 0.6 is 0 Å². The Labute approximate surface area is 105 Å². The minimum Gasteiger partial charge on any atom is -0.312 e. The topological polar surface area (TPSA) is 29.9 Å². The second kappa shape index (κ2) is 6.20. The molecule has 1 fully saturated rings. The molecule has 1 heterocycles. The molecule has 1 aliphatic rings. The van der Waals surface area contributed by atoms with Gasteiger partial charge in [0.05, 0.1) is 5.69 Å². The first-order chi connectivity index (χ1) is 8.29. The molecule has 0 saturated heterocycles. The van der Waals surface area contributed by atoms with Crippen molar-refractivity contribution in [2.75, 3.05) is 6.54 Å². The summed E-state index contributed by atoms with van der Waals surface area (Å²) in [6.45, 7) is 4.33. The molecule has 3 heteroatoms. The highest BCUT2D eigenvalue weighted by Gasteiger charge is 2.13. The van der Waals surface area contributed by atoms with Crippen LogP contribution in [0.15, 0.2) is 6.20 Å². The molecule has 0 bridgehead atoms. The molecular formula is C14H25N3. The molecule has 1 aromatic rings. The molecule has 0 unspecified atom stereocenters. The van der Waals surface area contributed by atoms with Crippen molar-refractivity contribution in [1.82, 2.24) is 15.1 Å². The number of nitrogens with one attached hydrogen (secondary N) is 1. The van der Waals surface area contributed by atoms with Gasteiger partial charge in [-0.05, 0) is 31.7 Å². The summed E-state index contributed by atoms with van der Waals surface area (Å²) in [5.74, 6) is 0.908. The molecule has 2 rings (SSSR count). The summed E-state index contributed by atoms with van der Waals surface area (Å²) in [5.41, 5.74) is 2.61. The standard InChI is InChI=1S/C14H25N3/c1-3-14-13(11-17(2)16-14)10-15-9-12-7-5-4-6-8-12/h11-12,15H,3-10H2,1-2H3. The van der Waals surface area contributed by atoms with E-state index in [1.807, 2.05) is 11.7 Å². The van der Waals surface area contributed by atoms with E-state index in [-0.39, 0.29) is 0 Å². The van der Waals surface area contributed by atoms with E-state index < -0.39 is 0 Å². The van der Waals surface area contributed by atoms with Gasteiger partial charge in [0.25, 0.3) is 0 Å². The van der Waals surface area contributed by atoms with Crippen molar-refractivity contribution in [3.05, 3.63) is 17.5 Å². The Bertz CT molecular complexity index is 337. The van der Waals surface area contributed by atoms with Crippen molar-refractivity contribution in [3.63, 3.8) is 0 Å². The zero-order valence-corrected chi connectivity index (χ0v) is 11.2. The molecule has 17 heavy (non-hydrogen) atoms. The average Bonchev–Trinajstić information content (AvgIpc) is 2.71.